The van der Waals surface area contributed by atoms with Crippen molar-refractivity contribution in [1.29, 1.82) is 0 Å². The molecule has 5 nitrogen and oxygen atoms in total. The number of fused-ring (bicyclic) bond motifs is 1. The molecule has 0 unspecified atom stereocenters. The van der Waals surface area contributed by atoms with Gasteiger partial charge in [0.05, 0.1) is 5.52 Å². The van der Waals surface area contributed by atoms with Crippen molar-refractivity contribution in [3.63, 3.8) is 0 Å². The van der Waals surface area contributed by atoms with Crippen LogP contribution < -0.4 is 11.1 Å². The summed E-state index contributed by atoms with van der Waals surface area (Å²) in [5, 5.41) is 3.67. The summed E-state index contributed by atoms with van der Waals surface area (Å²) in [7, 11) is 1.24. The van der Waals surface area contributed by atoms with E-state index in [1.165, 1.54) is 13.1 Å². The molecule has 154 valence electrons. The van der Waals surface area contributed by atoms with E-state index in [1.54, 1.807) is 24.4 Å². The first-order chi connectivity index (χ1) is 14.2. The quantitative estimate of drug-likeness (QED) is 0.464. The summed E-state index contributed by atoms with van der Waals surface area (Å²) < 4.78 is 37.8. The first-order valence-corrected chi connectivity index (χ1v) is 9.04. The van der Waals surface area contributed by atoms with Crippen LogP contribution in [0.3, 0.4) is 0 Å². The molecule has 2 aromatic carbocycles. The molecule has 0 aliphatic carbocycles. The second-order valence-electron chi connectivity index (χ2n) is 6.27. The van der Waals surface area contributed by atoms with E-state index in [0.29, 0.717) is 16.6 Å². The van der Waals surface area contributed by atoms with Gasteiger partial charge in [-0.25, -0.2) is 0 Å². The molecule has 0 spiro atoms. The van der Waals surface area contributed by atoms with Crippen molar-refractivity contribution < 1.29 is 18.0 Å². The number of alkyl halides is 3. The maximum Gasteiger partial charge on any atom is 0.430 e. The third-order valence-electron chi connectivity index (χ3n) is 4.23. The van der Waals surface area contributed by atoms with Crippen LogP contribution in [-0.4, -0.2) is 30.0 Å². The minimum Gasteiger partial charge on any atom is -0.395 e. The highest BCUT2D eigenvalue weighted by atomic mass is 35.5. The summed E-state index contributed by atoms with van der Waals surface area (Å²) in [6, 6.07) is 14.0. The summed E-state index contributed by atoms with van der Waals surface area (Å²) in [6.45, 7) is 0. The van der Waals surface area contributed by atoms with E-state index in [-0.39, 0.29) is 11.4 Å². The van der Waals surface area contributed by atoms with Crippen LogP contribution in [-0.2, 0) is 0 Å². The lowest BCUT2D eigenvalue weighted by molar-refractivity contribution is -0.0925. The Labute approximate surface area is 175 Å². The number of nitrogens with zero attached hydrogens (tertiary/aromatic N) is 2. The number of halogens is 4. The number of benzene rings is 2. The molecule has 0 aliphatic rings. The highest BCUT2D eigenvalue weighted by Gasteiger charge is 2.31. The second kappa shape index (κ2) is 8.54. The first-order valence-electron chi connectivity index (χ1n) is 8.66. The van der Waals surface area contributed by atoms with Gasteiger partial charge in [-0.3, -0.25) is 14.8 Å². The van der Waals surface area contributed by atoms with E-state index in [0.717, 1.165) is 16.5 Å². The van der Waals surface area contributed by atoms with Crippen molar-refractivity contribution in [2.45, 2.75) is 6.18 Å². The second-order valence-corrected chi connectivity index (χ2v) is 6.68. The average Bonchev–Trinajstić information content (AvgIpc) is 2.72. The minimum absolute atomic E-state index is 0.209. The molecule has 3 N–H and O–H groups in total. The van der Waals surface area contributed by atoms with Crippen molar-refractivity contribution in [2.24, 2.45) is 10.7 Å². The first kappa shape index (κ1) is 21.3. The van der Waals surface area contributed by atoms with E-state index in [9.17, 15) is 18.0 Å². The van der Waals surface area contributed by atoms with Gasteiger partial charge >= 0.3 is 6.18 Å². The highest BCUT2D eigenvalue weighted by Crippen LogP contribution is 2.29. The van der Waals surface area contributed by atoms with Crippen LogP contribution in [0.5, 0.6) is 0 Å². The number of nitrogens with one attached hydrogen (secondary N) is 1. The third kappa shape index (κ3) is 4.77. The van der Waals surface area contributed by atoms with Gasteiger partial charge in [-0.15, -0.1) is 0 Å². The number of amides is 1. The van der Waals surface area contributed by atoms with Gasteiger partial charge in [0.1, 0.15) is 11.5 Å². The van der Waals surface area contributed by atoms with Crippen molar-refractivity contribution in [3.05, 3.63) is 77.1 Å². The number of hydrogen-bond donors (Lipinski definition) is 2. The molecule has 0 radical (unpaired) electrons. The predicted octanol–water partition coefficient (Wildman–Crippen LogP) is 4.72. The van der Waals surface area contributed by atoms with E-state index in [2.05, 4.69) is 15.3 Å². The minimum atomic E-state index is -4.72. The predicted molar refractivity (Wildman–Crippen MR) is 111 cm³/mol. The Morgan fingerprint density at radius 3 is 2.60 bits per heavy atom. The lowest BCUT2D eigenvalue weighted by atomic mass is 10.0. The fraction of sp³-hybridized carbons (Fsp3) is 0.0952. The summed E-state index contributed by atoms with van der Waals surface area (Å²) in [6.07, 6.45) is -2.52. The molecule has 0 aliphatic heterocycles. The zero-order valence-corrected chi connectivity index (χ0v) is 16.4. The van der Waals surface area contributed by atoms with Gasteiger partial charge in [0.15, 0.2) is 0 Å². The Morgan fingerprint density at radius 1 is 1.20 bits per heavy atom. The van der Waals surface area contributed by atoms with Crippen LogP contribution in [0.2, 0.25) is 5.02 Å². The topological polar surface area (TPSA) is 80.4 Å². The zero-order chi connectivity index (χ0) is 21.9. The Morgan fingerprint density at radius 2 is 1.93 bits per heavy atom. The van der Waals surface area contributed by atoms with E-state index < -0.39 is 17.8 Å². The summed E-state index contributed by atoms with van der Waals surface area (Å²) in [4.78, 5) is 20.4. The standard InChI is InChI=1S/C21H16ClF3N4O/c1-27-19(10-18(26)21(23,24)25)29-20(30)13-7-6-12-8-14(11-28-17(12)9-13)15-4-2-3-5-16(15)22/h2-11H,26H2,1H3,(H,27,29,30)/b18-10-. The normalized spacial score (nSPS) is 12.8. The Kier molecular flexibility index (Phi) is 6.07. The van der Waals surface area contributed by atoms with Gasteiger partial charge < -0.3 is 11.1 Å². The number of carbonyl (C=O) groups excluding carboxylic acids is 1. The van der Waals surface area contributed by atoms with E-state index in [1.807, 2.05) is 24.3 Å². The number of allylic oxidation sites excluding steroid dienone is 1. The number of hydrogen-bond acceptors (Lipinski definition) is 4. The molecule has 0 atom stereocenters. The summed E-state index contributed by atoms with van der Waals surface area (Å²) in [5.41, 5.74) is 6.00. The van der Waals surface area contributed by atoms with Crippen LogP contribution >= 0.6 is 11.6 Å². The number of aromatic nitrogens is 1. The van der Waals surface area contributed by atoms with E-state index in [4.69, 9.17) is 17.3 Å². The van der Waals surface area contributed by atoms with Gasteiger partial charge in [-0.1, -0.05) is 35.9 Å². The highest BCUT2D eigenvalue weighted by molar-refractivity contribution is 6.33. The number of aliphatic imine (C=N–C) groups is 1. The number of nitrogens with two attached hydrogens (primary N) is 1. The van der Waals surface area contributed by atoms with Crippen molar-refractivity contribution >= 4 is 34.2 Å². The van der Waals surface area contributed by atoms with Crippen molar-refractivity contribution in [3.8, 4) is 11.1 Å². The van der Waals surface area contributed by atoms with Crippen LogP contribution in [0.4, 0.5) is 13.2 Å². The fourth-order valence-corrected chi connectivity index (χ4v) is 2.92. The fourth-order valence-electron chi connectivity index (χ4n) is 2.68. The molecular weight excluding hydrogens is 417 g/mol. The Hall–Kier alpha value is -3.39. The van der Waals surface area contributed by atoms with Gasteiger partial charge in [0.25, 0.3) is 5.91 Å². The number of rotatable bonds is 3. The van der Waals surface area contributed by atoms with Crippen molar-refractivity contribution in [2.75, 3.05) is 7.05 Å². The lowest BCUT2D eigenvalue weighted by Gasteiger charge is -2.10. The SMILES string of the molecule is CN=C(/C=C(\N)C(F)(F)F)NC(=O)c1ccc2cc(-c3ccccc3Cl)cnc2c1. The number of amidine groups is 1. The maximum atomic E-state index is 12.6. The Balaban J connectivity index is 1.86. The molecule has 1 heterocycles. The van der Waals surface area contributed by atoms with Crippen LogP contribution in [0.15, 0.2) is 71.5 Å². The largest absolute Gasteiger partial charge is 0.430 e. The van der Waals surface area contributed by atoms with Gasteiger partial charge in [-0.05, 0) is 24.3 Å². The zero-order valence-electron chi connectivity index (χ0n) is 15.7. The van der Waals surface area contributed by atoms with Gasteiger partial charge in [-0.2, -0.15) is 13.2 Å². The van der Waals surface area contributed by atoms with Crippen molar-refractivity contribution in [1.82, 2.24) is 10.3 Å². The third-order valence-corrected chi connectivity index (χ3v) is 4.56. The van der Waals surface area contributed by atoms with Crippen LogP contribution in [0.1, 0.15) is 10.4 Å². The molecule has 9 heteroatoms. The lowest BCUT2D eigenvalue weighted by Crippen LogP contribution is -2.31. The number of carbonyl (C=O) groups is 1. The van der Waals surface area contributed by atoms with Gasteiger partial charge in [0, 0.05) is 46.4 Å². The Bertz CT molecular complexity index is 1170. The van der Waals surface area contributed by atoms with E-state index >= 15 is 0 Å². The molecular formula is C21H16ClF3N4O. The number of pyridine rings is 1. The monoisotopic (exact) mass is 432 g/mol. The molecule has 3 aromatic rings. The molecule has 0 bridgehead atoms. The molecule has 0 saturated heterocycles. The van der Waals surface area contributed by atoms with Gasteiger partial charge in [0.2, 0.25) is 0 Å². The van der Waals surface area contributed by atoms with Crippen LogP contribution in [0, 0.1) is 0 Å². The molecule has 0 fully saturated rings. The molecule has 1 aromatic heterocycles. The molecule has 0 saturated carbocycles. The smallest absolute Gasteiger partial charge is 0.395 e. The molecule has 3 rings (SSSR count). The molecule has 1 amide bonds. The van der Waals surface area contributed by atoms with Crippen LogP contribution in [0.25, 0.3) is 22.0 Å². The maximum absolute atomic E-state index is 12.6. The average molecular weight is 433 g/mol. The molecule has 30 heavy (non-hydrogen) atoms. The summed E-state index contributed by atoms with van der Waals surface area (Å²) >= 11 is 6.23. The summed E-state index contributed by atoms with van der Waals surface area (Å²) in [5.74, 6) is -0.947.